The van der Waals surface area contributed by atoms with E-state index < -0.39 is 5.97 Å². The molecule has 1 rings (SSSR count). The number of carboxylic acids is 1. The van der Waals surface area contributed by atoms with Gasteiger partial charge in [0.05, 0.1) is 5.69 Å². The van der Waals surface area contributed by atoms with Gasteiger partial charge >= 0.3 is 5.97 Å². The largest absolute Gasteiger partial charge is 0.477 e. The summed E-state index contributed by atoms with van der Waals surface area (Å²) in [7, 11) is 0. The van der Waals surface area contributed by atoms with Crippen molar-refractivity contribution in [1.29, 1.82) is 0 Å². The average Bonchev–Trinajstić information content (AvgIpc) is 2.39. The lowest BCUT2D eigenvalue weighted by molar-refractivity contribution is 0.0689. The van der Waals surface area contributed by atoms with Gasteiger partial charge in [0, 0.05) is 19.1 Å². The minimum atomic E-state index is -0.968. The molecule has 4 nitrogen and oxygen atoms in total. The van der Waals surface area contributed by atoms with Crippen LogP contribution in [0.3, 0.4) is 0 Å². The van der Waals surface area contributed by atoms with E-state index in [1.54, 1.807) is 6.07 Å². The van der Waals surface area contributed by atoms with Crippen LogP contribution in [-0.4, -0.2) is 33.5 Å². The molecular weight excluding hydrogens is 252 g/mol. The van der Waals surface area contributed by atoms with Crippen molar-refractivity contribution in [3.05, 3.63) is 29.6 Å². The van der Waals surface area contributed by atoms with Crippen molar-refractivity contribution in [2.75, 3.05) is 6.54 Å². The summed E-state index contributed by atoms with van der Waals surface area (Å²) in [5.41, 5.74) is 0.953. The molecule has 0 aliphatic rings. The monoisotopic (exact) mass is 278 g/mol. The smallest absolute Gasteiger partial charge is 0.354 e. The number of hydrogen-bond donors (Lipinski definition) is 1. The normalized spacial score (nSPS) is 11.6. The van der Waals surface area contributed by atoms with Gasteiger partial charge in [-0.25, -0.2) is 9.78 Å². The molecule has 1 aromatic heterocycles. The van der Waals surface area contributed by atoms with Crippen molar-refractivity contribution >= 4 is 5.97 Å². The summed E-state index contributed by atoms with van der Waals surface area (Å²) in [6, 6.07) is 5.73. The first-order chi connectivity index (χ1) is 9.47. The predicted octanol–water partition coefficient (Wildman–Crippen LogP) is 3.43. The fourth-order valence-corrected chi connectivity index (χ4v) is 2.51. The van der Waals surface area contributed by atoms with Crippen molar-refractivity contribution in [1.82, 2.24) is 9.88 Å². The van der Waals surface area contributed by atoms with Gasteiger partial charge in [-0.2, -0.15) is 0 Å². The van der Waals surface area contributed by atoms with Gasteiger partial charge in [-0.05, 0) is 30.9 Å². The van der Waals surface area contributed by atoms with Gasteiger partial charge in [0.15, 0.2) is 0 Å². The Balaban J connectivity index is 2.88. The summed E-state index contributed by atoms with van der Waals surface area (Å²) in [4.78, 5) is 17.6. The van der Waals surface area contributed by atoms with Crippen molar-refractivity contribution in [3.63, 3.8) is 0 Å². The number of aromatic carboxylic acids is 1. The fourth-order valence-electron chi connectivity index (χ4n) is 2.51. The van der Waals surface area contributed by atoms with Gasteiger partial charge in [0.2, 0.25) is 0 Å². The van der Waals surface area contributed by atoms with E-state index in [4.69, 9.17) is 5.11 Å². The van der Waals surface area contributed by atoms with Gasteiger partial charge in [-0.15, -0.1) is 0 Å². The highest BCUT2D eigenvalue weighted by atomic mass is 16.4. The highest BCUT2D eigenvalue weighted by molar-refractivity contribution is 5.85. The molecule has 20 heavy (non-hydrogen) atoms. The van der Waals surface area contributed by atoms with Gasteiger partial charge in [0.25, 0.3) is 0 Å². The molecule has 0 saturated carbocycles. The molecule has 0 aliphatic heterocycles. The number of rotatable bonds is 8. The molecule has 0 radical (unpaired) electrons. The number of pyridine rings is 1. The maximum absolute atomic E-state index is 11.0. The average molecular weight is 278 g/mol. The Morgan fingerprint density at radius 2 is 1.95 bits per heavy atom. The van der Waals surface area contributed by atoms with E-state index in [1.807, 2.05) is 6.07 Å². The quantitative estimate of drug-likeness (QED) is 0.791. The molecule has 0 spiro atoms. The molecule has 0 aromatic carbocycles. The zero-order chi connectivity index (χ0) is 15.1. The molecule has 0 amide bonds. The van der Waals surface area contributed by atoms with E-state index in [-0.39, 0.29) is 5.69 Å². The van der Waals surface area contributed by atoms with E-state index in [0.29, 0.717) is 18.5 Å². The van der Waals surface area contributed by atoms with Crippen molar-refractivity contribution in [2.45, 2.75) is 53.1 Å². The third-order valence-corrected chi connectivity index (χ3v) is 3.45. The summed E-state index contributed by atoms with van der Waals surface area (Å²) >= 11 is 0. The maximum Gasteiger partial charge on any atom is 0.354 e. The molecule has 1 N–H and O–H groups in total. The number of hydrogen-bond acceptors (Lipinski definition) is 3. The highest BCUT2D eigenvalue weighted by Gasteiger charge is 2.17. The van der Waals surface area contributed by atoms with Crippen LogP contribution in [0.2, 0.25) is 0 Å². The van der Waals surface area contributed by atoms with E-state index in [9.17, 15) is 4.79 Å². The molecule has 0 unspecified atom stereocenters. The molecule has 0 aliphatic carbocycles. The molecule has 1 heterocycles. The van der Waals surface area contributed by atoms with Crippen molar-refractivity contribution in [2.24, 2.45) is 5.92 Å². The van der Waals surface area contributed by atoms with Crippen LogP contribution in [0.4, 0.5) is 0 Å². The van der Waals surface area contributed by atoms with E-state index >= 15 is 0 Å². The lowest BCUT2D eigenvalue weighted by Crippen LogP contribution is -2.37. The Morgan fingerprint density at radius 1 is 1.30 bits per heavy atom. The van der Waals surface area contributed by atoms with Gasteiger partial charge in [0.1, 0.15) is 5.69 Å². The number of carboxylic acid groups (broad SMARTS) is 1. The zero-order valence-electron chi connectivity index (χ0n) is 13.0. The first-order valence-corrected chi connectivity index (χ1v) is 7.41. The molecule has 0 saturated heterocycles. The summed E-state index contributed by atoms with van der Waals surface area (Å²) in [5.74, 6) is -0.386. The van der Waals surface area contributed by atoms with Crippen LogP contribution in [-0.2, 0) is 6.54 Å². The van der Waals surface area contributed by atoms with Gasteiger partial charge in [-0.1, -0.05) is 33.8 Å². The molecule has 0 bridgehead atoms. The van der Waals surface area contributed by atoms with Gasteiger partial charge in [-0.3, -0.25) is 4.90 Å². The van der Waals surface area contributed by atoms with Gasteiger partial charge < -0.3 is 5.11 Å². The summed E-state index contributed by atoms with van der Waals surface area (Å²) in [6.07, 6.45) is 2.20. The van der Waals surface area contributed by atoms with Crippen LogP contribution in [0.15, 0.2) is 18.2 Å². The van der Waals surface area contributed by atoms with E-state index in [2.05, 4.69) is 37.6 Å². The maximum atomic E-state index is 11.0. The molecule has 1 aromatic rings. The van der Waals surface area contributed by atoms with Crippen LogP contribution < -0.4 is 0 Å². The van der Waals surface area contributed by atoms with Crippen LogP contribution in [0, 0.1) is 5.92 Å². The standard InChI is InChI=1S/C16H26N2O2/c1-5-14(6-2)18(10-12(3)4)11-13-8-7-9-15(17-13)16(19)20/h7-9,12,14H,5-6,10-11H2,1-4H3,(H,19,20). The number of carbonyl (C=O) groups is 1. The zero-order valence-corrected chi connectivity index (χ0v) is 13.0. The highest BCUT2D eigenvalue weighted by Crippen LogP contribution is 2.15. The Labute approximate surface area is 121 Å². The summed E-state index contributed by atoms with van der Waals surface area (Å²) in [6.45, 7) is 10.5. The van der Waals surface area contributed by atoms with E-state index in [1.165, 1.54) is 6.07 Å². The molecule has 4 heteroatoms. The SMILES string of the molecule is CCC(CC)N(Cc1cccc(C(=O)O)n1)CC(C)C. The second-order valence-corrected chi connectivity index (χ2v) is 5.61. The predicted molar refractivity (Wildman–Crippen MR) is 80.8 cm³/mol. The van der Waals surface area contributed by atoms with Crippen LogP contribution in [0.1, 0.15) is 56.7 Å². The Bertz CT molecular complexity index is 428. The number of nitrogens with zero attached hydrogens (tertiary/aromatic N) is 2. The molecule has 0 fully saturated rings. The Morgan fingerprint density at radius 3 is 2.45 bits per heavy atom. The summed E-state index contributed by atoms with van der Waals surface area (Å²) in [5, 5.41) is 9.01. The van der Waals surface area contributed by atoms with Crippen LogP contribution in [0.5, 0.6) is 0 Å². The third-order valence-electron chi connectivity index (χ3n) is 3.45. The van der Waals surface area contributed by atoms with Crippen LogP contribution >= 0.6 is 0 Å². The lowest BCUT2D eigenvalue weighted by Gasteiger charge is -2.31. The first kappa shape index (κ1) is 16.6. The third kappa shape index (κ3) is 4.93. The summed E-state index contributed by atoms with van der Waals surface area (Å²) < 4.78 is 0. The van der Waals surface area contributed by atoms with Crippen LogP contribution in [0.25, 0.3) is 0 Å². The lowest BCUT2D eigenvalue weighted by atomic mass is 10.1. The van der Waals surface area contributed by atoms with Crippen molar-refractivity contribution in [3.8, 4) is 0 Å². The fraction of sp³-hybridized carbons (Fsp3) is 0.625. The Hall–Kier alpha value is -1.42. The Kier molecular flexibility index (Phi) is 6.65. The number of aromatic nitrogens is 1. The molecule has 112 valence electrons. The second kappa shape index (κ2) is 8.00. The molecular formula is C16H26N2O2. The first-order valence-electron chi connectivity index (χ1n) is 7.41. The minimum absolute atomic E-state index is 0.122. The minimum Gasteiger partial charge on any atom is -0.477 e. The second-order valence-electron chi connectivity index (χ2n) is 5.61. The molecule has 0 atom stereocenters. The van der Waals surface area contributed by atoms with Crippen molar-refractivity contribution < 1.29 is 9.90 Å². The topological polar surface area (TPSA) is 53.4 Å². The van der Waals surface area contributed by atoms with E-state index in [0.717, 1.165) is 25.1 Å².